The summed E-state index contributed by atoms with van der Waals surface area (Å²) in [6.07, 6.45) is 5.70. The van der Waals surface area contributed by atoms with Gasteiger partial charge in [-0.1, -0.05) is 6.92 Å². The number of aromatic nitrogens is 2. The van der Waals surface area contributed by atoms with Crippen LogP contribution in [0.4, 0.5) is 23.0 Å². The second-order valence-corrected chi connectivity index (χ2v) is 9.10. The summed E-state index contributed by atoms with van der Waals surface area (Å²) >= 11 is 0. The second kappa shape index (κ2) is 8.42. The zero-order chi connectivity index (χ0) is 23.1. The number of nitrogens with zero attached hydrogens (tertiary/aromatic N) is 6. The molecule has 2 aliphatic heterocycles. The molecule has 3 fully saturated rings. The molecule has 2 amide bonds. The molecule has 2 aromatic rings. The van der Waals surface area contributed by atoms with Crippen molar-refractivity contribution in [3.63, 3.8) is 0 Å². The van der Waals surface area contributed by atoms with Gasteiger partial charge in [0.2, 0.25) is 17.8 Å². The molecule has 0 unspecified atom stereocenters. The number of carbonyl (C=O) groups is 2. The van der Waals surface area contributed by atoms with Crippen LogP contribution >= 0.6 is 0 Å². The smallest absolute Gasteiger partial charge is 0.294 e. The fourth-order valence-electron chi connectivity index (χ4n) is 5.31. The molecule has 3 heterocycles. The average Bonchev–Trinajstić information content (AvgIpc) is 3.08. The van der Waals surface area contributed by atoms with Gasteiger partial charge in [0, 0.05) is 44.6 Å². The number of nitro groups is 1. The summed E-state index contributed by atoms with van der Waals surface area (Å²) in [6.45, 7) is 4.51. The van der Waals surface area contributed by atoms with Crippen LogP contribution in [0.2, 0.25) is 0 Å². The molecule has 0 spiro atoms. The van der Waals surface area contributed by atoms with Crippen molar-refractivity contribution in [1.29, 1.82) is 0 Å². The maximum Gasteiger partial charge on any atom is 0.294 e. The van der Waals surface area contributed by atoms with E-state index in [0.29, 0.717) is 62.3 Å². The van der Waals surface area contributed by atoms with Gasteiger partial charge in [0.15, 0.2) is 0 Å². The van der Waals surface area contributed by atoms with Gasteiger partial charge >= 0.3 is 0 Å². The number of fused-ring (bicyclic) bond motifs is 1. The molecule has 3 aliphatic rings. The molecule has 1 aliphatic carbocycles. The van der Waals surface area contributed by atoms with Crippen molar-refractivity contribution in [2.24, 2.45) is 17.8 Å². The molecule has 0 N–H and O–H groups in total. The third-order valence-electron chi connectivity index (χ3n) is 7.06. The predicted octanol–water partition coefficient (Wildman–Crippen LogP) is 2.64. The zero-order valence-electron chi connectivity index (χ0n) is 18.5. The Morgan fingerprint density at radius 3 is 2.33 bits per heavy atom. The van der Waals surface area contributed by atoms with Crippen LogP contribution in [0.15, 0.2) is 36.7 Å². The number of benzene rings is 1. The van der Waals surface area contributed by atoms with Crippen LogP contribution in [0.25, 0.3) is 0 Å². The number of anilines is 3. The minimum Gasteiger partial charge on any atom is -0.362 e. The molecule has 33 heavy (non-hydrogen) atoms. The van der Waals surface area contributed by atoms with E-state index in [-0.39, 0.29) is 29.3 Å². The van der Waals surface area contributed by atoms with Crippen LogP contribution in [0.1, 0.15) is 26.2 Å². The second-order valence-electron chi connectivity index (χ2n) is 9.10. The lowest BCUT2D eigenvalue weighted by Gasteiger charge is -2.35. The summed E-state index contributed by atoms with van der Waals surface area (Å²) in [5.74, 6) is -0.0251. The number of amides is 2. The van der Waals surface area contributed by atoms with E-state index < -0.39 is 4.92 Å². The monoisotopic (exact) mass is 450 g/mol. The van der Waals surface area contributed by atoms with Crippen LogP contribution < -0.4 is 14.7 Å². The van der Waals surface area contributed by atoms with Gasteiger partial charge in [-0.25, -0.2) is 14.9 Å². The summed E-state index contributed by atoms with van der Waals surface area (Å²) in [7, 11) is 0. The van der Waals surface area contributed by atoms with Crippen molar-refractivity contribution in [3.8, 4) is 0 Å². The van der Waals surface area contributed by atoms with Crippen molar-refractivity contribution in [1.82, 2.24) is 9.97 Å². The van der Waals surface area contributed by atoms with E-state index in [1.807, 2.05) is 9.80 Å². The molecule has 5 rings (SSSR count). The van der Waals surface area contributed by atoms with E-state index in [2.05, 4.69) is 16.9 Å². The van der Waals surface area contributed by atoms with Crippen molar-refractivity contribution >= 4 is 34.8 Å². The van der Waals surface area contributed by atoms with Crippen molar-refractivity contribution in [2.45, 2.75) is 26.2 Å². The minimum atomic E-state index is -0.439. The Labute approximate surface area is 191 Å². The molecule has 3 atom stereocenters. The van der Waals surface area contributed by atoms with Gasteiger partial charge in [-0.15, -0.1) is 0 Å². The highest BCUT2D eigenvalue weighted by molar-refractivity contribution is 6.22. The largest absolute Gasteiger partial charge is 0.362 e. The highest BCUT2D eigenvalue weighted by Crippen LogP contribution is 2.43. The first-order chi connectivity index (χ1) is 15.9. The lowest BCUT2D eigenvalue weighted by Crippen LogP contribution is -2.47. The first-order valence-electron chi connectivity index (χ1n) is 11.4. The third kappa shape index (κ3) is 3.79. The average molecular weight is 450 g/mol. The third-order valence-corrected chi connectivity index (χ3v) is 7.06. The maximum atomic E-state index is 13.0. The van der Waals surface area contributed by atoms with Gasteiger partial charge in [-0.05, 0) is 43.4 Å². The summed E-state index contributed by atoms with van der Waals surface area (Å²) in [5.41, 5.74) is 0.682. The topological polar surface area (TPSA) is 113 Å². The Bertz CT molecular complexity index is 1090. The van der Waals surface area contributed by atoms with E-state index in [1.165, 1.54) is 11.0 Å². The number of carbonyl (C=O) groups excluding carboxylic acids is 2. The van der Waals surface area contributed by atoms with Gasteiger partial charge in [0.1, 0.15) is 5.69 Å². The molecule has 1 aromatic heterocycles. The Morgan fingerprint density at radius 2 is 1.64 bits per heavy atom. The standard InChI is InChI=1S/C23H26N6O4/c1-15-3-5-17-18(13-15)22(31)28(21(17)30)16-4-6-19(20(14-16)29(32)33)26-9-11-27(12-10-26)23-24-7-2-8-25-23/h2,4,6-8,14-15,17-18H,3,5,9-13H2,1H3/t15-,17+,18-/m1/s1. The van der Waals surface area contributed by atoms with E-state index in [0.717, 1.165) is 6.42 Å². The SMILES string of the molecule is C[C@@H]1CC[C@@H]2C(=O)N(c3ccc(N4CCN(c5ncccn5)CC4)c([N+](=O)[O-])c3)C(=O)[C@@H]2C1. The Morgan fingerprint density at radius 1 is 0.970 bits per heavy atom. The fraction of sp³-hybridized carbons (Fsp3) is 0.478. The van der Waals surface area contributed by atoms with E-state index >= 15 is 0 Å². The molecule has 10 heteroatoms. The molecular formula is C23H26N6O4. The molecule has 1 saturated carbocycles. The summed E-state index contributed by atoms with van der Waals surface area (Å²) in [5, 5.41) is 11.9. The number of hydrogen-bond donors (Lipinski definition) is 0. The number of rotatable bonds is 4. The highest BCUT2D eigenvalue weighted by Gasteiger charge is 2.50. The number of hydrogen-bond acceptors (Lipinski definition) is 8. The maximum absolute atomic E-state index is 13.0. The molecule has 172 valence electrons. The van der Waals surface area contributed by atoms with Gasteiger partial charge < -0.3 is 9.80 Å². The molecule has 2 saturated heterocycles. The Kier molecular flexibility index (Phi) is 5.43. The number of nitro benzene ring substituents is 1. The minimum absolute atomic E-state index is 0.0965. The quantitative estimate of drug-likeness (QED) is 0.397. The summed E-state index contributed by atoms with van der Waals surface area (Å²) in [4.78, 5) is 51.3. The van der Waals surface area contributed by atoms with Crippen LogP contribution in [-0.4, -0.2) is 52.9 Å². The lowest BCUT2D eigenvalue weighted by molar-refractivity contribution is -0.384. The van der Waals surface area contributed by atoms with E-state index in [4.69, 9.17) is 0 Å². The molecule has 0 bridgehead atoms. The van der Waals surface area contributed by atoms with Gasteiger partial charge in [-0.2, -0.15) is 0 Å². The molecule has 10 nitrogen and oxygen atoms in total. The molecule has 1 aromatic carbocycles. The zero-order valence-corrected chi connectivity index (χ0v) is 18.5. The highest BCUT2D eigenvalue weighted by atomic mass is 16.6. The predicted molar refractivity (Wildman–Crippen MR) is 122 cm³/mol. The van der Waals surface area contributed by atoms with Gasteiger partial charge in [0.25, 0.3) is 5.69 Å². The van der Waals surface area contributed by atoms with Crippen molar-refractivity contribution in [3.05, 3.63) is 46.8 Å². The van der Waals surface area contributed by atoms with Gasteiger partial charge in [0.05, 0.1) is 22.4 Å². The van der Waals surface area contributed by atoms with E-state index in [9.17, 15) is 19.7 Å². The van der Waals surface area contributed by atoms with Crippen LogP contribution in [0.5, 0.6) is 0 Å². The van der Waals surface area contributed by atoms with Gasteiger partial charge in [-0.3, -0.25) is 19.7 Å². The van der Waals surface area contributed by atoms with Crippen LogP contribution in [-0.2, 0) is 9.59 Å². The first kappa shape index (κ1) is 21.3. The first-order valence-corrected chi connectivity index (χ1v) is 11.4. The van der Waals surface area contributed by atoms with Crippen LogP contribution in [0.3, 0.4) is 0 Å². The Hall–Kier alpha value is -3.56. The Balaban J connectivity index is 1.38. The lowest BCUT2D eigenvalue weighted by atomic mass is 9.76. The fourth-order valence-corrected chi connectivity index (χ4v) is 5.31. The van der Waals surface area contributed by atoms with Crippen LogP contribution in [0, 0.1) is 27.9 Å². The van der Waals surface area contributed by atoms with Crippen molar-refractivity contribution in [2.75, 3.05) is 40.9 Å². The summed E-state index contributed by atoms with van der Waals surface area (Å²) < 4.78 is 0. The molecule has 0 radical (unpaired) electrons. The number of piperazine rings is 1. The normalized spacial score (nSPS) is 25.4. The van der Waals surface area contributed by atoms with Crippen molar-refractivity contribution < 1.29 is 14.5 Å². The van der Waals surface area contributed by atoms with E-state index in [1.54, 1.807) is 30.6 Å². The summed E-state index contributed by atoms with van der Waals surface area (Å²) in [6, 6.07) is 6.45. The number of imide groups is 1. The molecular weight excluding hydrogens is 424 g/mol.